The normalized spacial score (nSPS) is 21.5. The van der Waals surface area contributed by atoms with Crippen LogP contribution in [-0.2, 0) is 20.9 Å². The minimum Gasteiger partial charge on any atom is -0.475 e. The highest BCUT2D eigenvalue weighted by atomic mass is 19.4. The number of halogens is 6. The lowest BCUT2D eigenvalue weighted by Gasteiger charge is -2.42. The van der Waals surface area contributed by atoms with Gasteiger partial charge in [0.2, 0.25) is 0 Å². The Labute approximate surface area is 229 Å². The summed E-state index contributed by atoms with van der Waals surface area (Å²) in [5, 5.41) is 18.7. The second kappa shape index (κ2) is 14.0. The van der Waals surface area contributed by atoms with Gasteiger partial charge in [-0.25, -0.2) is 9.59 Å². The molecule has 0 bridgehead atoms. The molecule has 1 unspecified atom stereocenters. The summed E-state index contributed by atoms with van der Waals surface area (Å²) in [5.74, 6) is -3.92. The second-order valence-electron chi connectivity index (χ2n) is 11.0. The van der Waals surface area contributed by atoms with Gasteiger partial charge >= 0.3 is 24.3 Å². The molecular weight excluding hydrogens is 550 g/mol. The zero-order chi connectivity index (χ0) is 30.3. The molecule has 40 heavy (non-hydrogen) atoms. The van der Waals surface area contributed by atoms with Crippen molar-refractivity contribution in [2.24, 2.45) is 17.3 Å². The van der Waals surface area contributed by atoms with Crippen LogP contribution in [0.5, 0.6) is 0 Å². The summed E-state index contributed by atoms with van der Waals surface area (Å²) >= 11 is 0. The van der Waals surface area contributed by atoms with E-state index < -0.39 is 24.3 Å². The molecule has 1 spiro atoms. The summed E-state index contributed by atoms with van der Waals surface area (Å²) < 4.78 is 71.7. The standard InChI is InChI=1S/C21H36N4O.2C2HF3O2/c1-17(2)25-12-19(10-22-25)11-24-8-6-21(7-9-24)16-23(3)13-20(21)15-26-14-18-4-5-18;2*3-2(4,5)1(6)7/h10,12,17-18,20H,4-9,11,13-16H2,1-3H3;2*(H,6,7). The van der Waals surface area contributed by atoms with Crippen LogP contribution in [0.25, 0.3) is 0 Å². The van der Waals surface area contributed by atoms with Gasteiger partial charge in [0.15, 0.2) is 0 Å². The molecule has 1 aliphatic carbocycles. The monoisotopic (exact) mass is 588 g/mol. The minimum atomic E-state index is -5.08. The van der Waals surface area contributed by atoms with E-state index in [0.29, 0.717) is 11.5 Å². The molecule has 0 amide bonds. The Hall–Kier alpha value is -2.39. The number of carbonyl (C=O) groups is 2. The molecule has 3 aliphatic rings. The van der Waals surface area contributed by atoms with Crippen molar-refractivity contribution in [1.82, 2.24) is 19.6 Å². The van der Waals surface area contributed by atoms with Crippen LogP contribution in [0, 0.1) is 17.3 Å². The molecule has 0 radical (unpaired) electrons. The van der Waals surface area contributed by atoms with Gasteiger partial charge in [-0.3, -0.25) is 9.58 Å². The number of aliphatic carboxylic acids is 2. The molecule has 4 rings (SSSR count). The molecule has 3 fully saturated rings. The highest BCUT2D eigenvalue weighted by Gasteiger charge is 2.47. The van der Waals surface area contributed by atoms with Crippen LogP contribution in [0.4, 0.5) is 26.3 Å². The highest BCUT2D eigenvalue weighted by Crippen LogP contribution is 2.44. The van der Waals surface area contributed by atoms with Gasteiger partial charge in [0.05, 0.1) is 12.8 Å². The molecule has 2 N–H and O–H groups in total. The third kappa shape index (κ3) is 10.9. The van der Waals surface area contributed by atoms with Gasteiger partial charge < -0.3 is 19.8 Å². The van der Waals surface area contributed by atoms with E-state index in [1.807, 2.05) is 6.20 Å². The first kappa shape index (κ1) is 33.8. The number of ether oxygens (including phenoxy) is 1. The highest BCUT2D eigenvalue weighted by molar-refractivity contribution is 5.73. The van der Waals surface area contributed by atoms with E-state index in [1.54, 1.807) is 0 Å². The number of hydrogen-bond donors (Lipinski definition) is 2. The molecule has 2 aliphatic heterocycles. The lowest BCUT2D eigenvalue weighted by molar-refractivity contribution is -0.193. The lowest BCUT2D eigenvalue weighted by Crippen LogP contribution is -2.44. The van der Waals surface area contributed by atoms with Gasteiger partial charge in [0.1, 0.15) is 0 Å². The fraction of sp³-hybridized carbons (Fsp3) is 0.800. The zero-order valence-electron chi connectivity index (χ0n) is 22.8. The predicted octanol–water partition coefficient (Wildman–Crippen LogP) is 4.30. The molecule has 1 aromatic heterocycles. The lowest BCUT2D eigenvalue weighted by atomic mass is 9.71. The van der Waals surface area contributed by atoms with Gasteiger partial charge in [0, 0.05) is 50.0 Å². The third-order valence-corrected chi connectivity index (χ3v) is 7.28. The van der Waals surface area contributed by atoms with Crippen molar-refractivity contribution in [3.63, 3.8) is 0 Å². The van der Waals surface area contributed by atoms with E-state index in [-0.39, 0.29) is 0 Å². The molecule has 1 atom stereocenters. The van der Waals surface area contributed by atoms with Crippen LogP contribution in [0.2, 0.25) is 0 Å². The Bertz CT molecular complexity index is 932. The number of likely N-dealkylation sites (tertiary alicyclic amines) is 2. The quantitative estimate of drug-likeness (QED) is 0.454. The number of nitrogens with zero attached hydrogens (tertiary/aromatic N) is 4. The fourth-order valence-corrected chi connectivity index (χ4v) is 4.91. The molecular formula is C25H38F6N4O5. The van der Waals surface area contributed by atoms with Crippen LogP contribution < -0.4 is 0 Å². The first-order valence-corrected chi connectivity index (χ1v) is 13.0. The van der Waals surface area contributed by atoms with Gasteiger partial charge in [-0.15, -0.1) is 0 Å². The second-order valence-corrected chi connectivity index (χ2v) is 11.0. The summed E-state index contributed by atoms with van der Waals surface area (Å²) in [6, 6.07) is 0.443. The Morgan fingerprint density at radius 1 is 1.05 bits per heavy atom. The number of carboxylic acids is 2. The van der Waals surface area contributed by atoms with E-state index in [0.717, 1.165) is 31.6 Å². The average Bonchev–Trinajstić information content (AvgIpc) is 3.44. The fourth-order valence-electron chi connectivity index (χ4n) is 4.91. The SMILES string of the molecule is CC(C)n1cc(CN2CCC3(CC2)CN(C)CC3COCC2CC2)cn1.O=C(O)C(F)(F)F.O=C(O)C(F)(F)F. The third-order valence-electron chi connectivity index (χ3n) is 7.28. The van der Waals surface area contributed by atoms with Crippen molar-refractivity contribution in [2.45, 2.75) is 64.5 Å². The van der Waals surface area contributed by atoms with Crippen molar-refractivity contribution >= 4 is 11.9 Å². The molecule has 230 valence electrons. The minimum absolute atomic E-state index is 0.443. The van der Waals surface area contributed by atoms with E-state index >= 15 is 0 Å². The van der Waals surface area contributed by atoms with Gasteiger partial charge in [-0.1, -0.05) is 0 Å². The van der Waals surface area contributed by atoms with E-state index in [2.05, 4.69) is 46.7 Å². The number of alkyl halides is 6. The smallest absolute Gasteiger partial charge is 0.475 e. The molecule has 3 heterocycles. The number of rotatable bonds is 7. The molecule has 0 aromatic carbocycles. The predicted molar refractivity (Wildman–Crippen MR) is 131 cm³/mol. The molecule has 9 nitrogen and oxygen atoms in total. The summed E-state index contributed by atoms with van der Waals surface area (Å²) in [7, 11) is 2.29. The number of piperidine rings is 1. The Morgan fingerprint density at radius 2 is 1.57 bits per heavy atom. The molecule has 2 saturated heterocycles. The largest absolute Gasteiger partial charge is 0.490 e. The van der Waals surface area contributed by atoms with Crippen LogP contribution >= 0.6 is 0 Å². The molecule has 15 heteroatoms. The Morgan fingerprint density at radius 3 is 2.00 bits per heavy atom. The Balaban J connectivity index is 0.000000333. The van der Waals surface area contributed by atoms with E-state index in [1.165, 1.54) is 57.4 Å². The maximum atomic E-state index is 10.6. The van der Waals surface area contributed by atoms with Crippen LogP contribution in [-0.4, -0.2) is 101 Å². The molecule has 1 saturated carbocycles. The zero-order valence-corrected chi connectivity index (χ0v) is 22.8. The Kier molecular flexibility index (Phi) is 11.8. The number of hydrogen-bond acceptors (Lipinski definition) is 6. The van der Waals surface area contributed by atoms with Crippen molar-refractivity contribution in [3.8, 4) is 0 Å². The van der Waals surface area contributed by atoms with Crippen molar-refractivity contribution in [2.75, 3.05) is 46.4 Å². The summed E-state index contributed by atoms with van der Waals surface area (Å²) in [6.45, 7) is 12.3. The number of carboxylic acid groups (broad SMARTS) is 2. The van der Waals surface area contributed by atoms with Crippen LogP contribution in [0.3, 0.4) is 0 Å². The van der Waals surface area contributed by atoms with Crippen molar-refractivity contribution in [3.05, 3.63) is 18.0 Å². The average molecular weight is 589 g/mol. The number of aromatic nitrogens is 2. The topological polar surface area (TPSA) is 108 Å². The van der Waals surface area contributed by atoms with E-state index in [4.69, 9.17) is 24.5 Å². The van der Waals surface area contributed by atoms with Gasteiger partial charge in [-0.2, -0.15) is 31.4 Å². The van der Waals surface area contributed by atoms with Crippen LogP contribution in [0.1, 0.15) is 51.1 Å². The maximum absolute atomic E-state index is 10.6. The first-order valence-electron chi connectivity index (χ1n) is 13.0. The first-order chi connectivity index (χ1) is 18.4. The summed E-state index contributed by atoms with van der Waals surface area (Å²) in [6.07, 6.45) is -0.508. The van der Waals surface area contributed by atoms with Gasteiger partial charge in [-0.05, 0) is 71.0 Å². The molecule has 1 aromatic rings. The van der Waals surface area contributed by atoms with Gasteiger partial charge in [0.25, 0.3) is 0 Å². The summed E-state index contributed by atoms with van der Waals surface area (Å²) in [5.41, 5.74) is 1.83. The maximum Gasteiger partial charge on any atom is 0.490 e. The summed E-state index contributed by atoms with van der Waals surface area (Å²) in [4.78, 5) is 22.9. The van der Waals surface area contributed by atoms with Crippen molar-refractivity contribution in [1.29, 1.82) is 0 Å². The van der Waals surface area contributed by atoms with Crippen LogP contribution in [0.15, 0.2) is 12.4 Å². The van der Waals surface area contributed by atoms with E-state index in [9.17, 15) is 26.3 Å². The van der Waals surface area contributed by atoms with Crippen molar-refractivity contribution < 1.29 is 50.9 Å².